The van der Waals surface area contributed by atoms with E-state index >= 15 is 0 Å². The highest BCUT2D eigenvalue weighted by atomic mass is 16.2. The minimum atomic E-state index is -0.240. The van der Waals surface area contributed by atoms with Crippen molar-refractivity contribution in [3.63, 3.8) is 0 Å². The maximum absolute atomic E-state index is 14.3. The van der Waals surface area contributed by atoms with E-state index in [1.807, 2.05) is 9.36 Å². The number of nitrogens with zero attached hydrogens (tertiary/aromatic N) is 3. The molecule has 5 heteroatoms. The van der Waals surface area contributed by atoms with Gasteiger partial charge in [-0.1, -0.05) is 57.2 Å². The van der Waals surface area contributed by atoms with E-state index in [1.54, 1.807) is 4.57 Å². The third-order valence-corrected chi connectivity index (χ3v) is 12.5. The maximum atomic E-state index is 14.3. The summed E-state index contributed by atoms with van der Waals surface area (Å²) in [5.74, 6) is 0.579. The summed E-state index contributed by atoms with van der Waals surface area (Å²) in [5.41, 5.74) is 5.10. The van der Waals surface area contributed by atoms with Crippen LogP contribution in [0.3, 0.4) is 0 Å². The molecule has 2 saturated carbocycles. The third kappa shape index (κ3) is 1.82. The highest BCUT2D eigenvalue weighted by Crippen LogP contribution is 2.72. The molecule has 0 radical (unpaired) electrons. The molecule has 0 N–H and O–H groups in total. The molecule has 7 aliphatic rings. The van der Waals surface area contributed by atoms with Crippen LogP contribution >= 0.6 is 0 Å². The van der Waals surface area contributed by atoms with Crippen LogP contribution in [0.25, 0.3) is 0 Å². The van der Waals surface area contributed by atoms with Gasteiger partial charge in [0.25, 0.3) is 0 Å². The van der Waals surface area contributed by atoms with Crippen molar-refractivity contribution >= 4 is 0 Å². The number of benzene rings is 1. The van der Waals surface area contributed by atoms with Gasteiger partial charge in [-0.05, 0) is 85.0 Å². The number of rotatable bonds is 1. The van der Waals surface area contributed by atoms with E-state index in [2.05, 4.69) is 71.1 Å². The van der Waals surface area contributed by atoms with Gasteiger partial charge in [0.1, 0.15) is 0 Å². The van der Waals surface area contributed by atoms with E-state index in [4.69, 9.17) is 0 Å². The molecule has 0 amide bonds. The summed E-state index contributed by atoms with van der Waals surface area (Å²) in [6.07, 6.45) is 14.5. The molecule has 4 bridgehead atoms. The van der Waals surface area contributed by atoms with Crippen molar-refractivity contribution in [3.05, 3.63) is 79.7 Å². The Hall–Kier alpha value is -2.56. The summed E-state index contributed by atoms with van der Waals surface area (Å²) >= 11 is 0. The van der Waals surface area contributed by atoms with Crippen molar-refractivity contribution in [2.75, 3.05) is 0 Å². The SMILES string of the molecule is Cc1ccc(C)c2c1CC[C@]13C=C[C@@]21[C@H]1C=C[C@H]3n2c(=O)n([C@H]3C[C@H]4CC[C@@]3(C)C4(C)C)c(=O)n21. The summed E-state index contributed by atoms with van der Waals surface area (Å²) in [6.45, 7) is 11.5. The van der Waals surface area contributed by atoms with Crippen molar-refractivity contribution in [3.8, 4) is 0 Å². The van der Waals surface area contributed by atoms with Gasteiger partial charge < -0.3 is 0 Å². The van der Waals surface area contributed by atoms with Crippen LogP contribution in [-0.4, -0.2) is 13.9 Å². The topological polar surface area (TPSA) is 48.9 Å². The van der Waals surface area contributed by atoms with Gasteiger partial charge in [0, 0.05) is 11.5 Å². The standard InChI is InChI=1S/C30H35N3O2/c1-17-6-7-18(2)24-20(17)11-13-29-14-15-30(24,29)22-9-8-21(29)32-25(34)31(26(35)33(22)32)23-16-19-10-12-28(23,5)27(19,3)4/h6-9,14-15,19,21-23H,10-13,16H2,1-5H3/t19-,21-,22-,23+,28-,29-,30-/m1/s1. The van der Waals surface area contributed by atoms with E-state index < -0.39 is 0 Å². The Morgan fingerprint density at radius 1 is 0.886 bits per heavy atom. The van der Waals surface area contributed by atoms with E-state index in [-0.39, 0.29) is 51.2 Å². The fraction of sp³-hybridized carbons (Fsp3) is 0.600. The predicted octanol–water partition coefficient (Wildman–Crippen LogP) is 4.92. The lowest BCUT2D eigenvalue weighted by Gasteiger charge is -2.67. The first-order chi connectivity index (χ1) is 16.6. The zero-order valence-electron chi connectivity index (χ0n) is 21.5. The van der Waals surface area contributed by atoms with Crippen LogP contribution < -0.4 is 11.4 Å². The summed E-state index contributed by atoms with van der Waals surface area (Å²) < 4.78 is 5.43. The van der Waals surface area contributed by atoms with Crippen molar-refractivity contribution < 1.29 is 0 Å². The minimum absolute atomic E-state index is 0.0137. The monoisotopic (exact) mass is 469 g/mol. The molecule has 0 spiro atoms. The molecule has 35 heavy (non-hydrogen) atoms. The second-order valence-corrected chi connectivity index (χ2v) is 13.3. The van der Waals surface area contributed by atoms with Crippen LogP contribution in [-0.2, 0) is 11.8 Å². The smallest absolute Gasteiger partial charge is 0.246 e. The molecule has 5 nitrogen and oxygen atoms in total. The van der Waals surface area contributed by atoms with E-state index in [0.717, 1.165) is 25.7 Å². The fourth-order valence-corrected chi connectivity index (χ4v) is 10.1. The molecule has 7 atom stereocenters. The molecule has 0 unspecified atom stereocenters. The summed E-state index contributed by atoms with van der Waals surface area (Å²) in [6, 6.07) is 4.22. The van der Waals surface area contributed by atoms with Crippen LogP contribution in [0.4, 0.5) is 0 Å². The van der Waals surface area contributed by atoms with Gasteiger partial charge in [0.15, 0.2) is 0 Å². The summed E-state index contributed by atoms with van der Waals surface area (Å²) in [4.78, 5) is 28.5. The quantitative estimate of drug-likeness (QED) is 0.557. The normalized spacial score (nSPS) is 42.4. The predicted molar refractivity (Wildman–Crippen MR) is 136 cm³/mol. The van der Waals surface area contributed by atoms with Gasteiger partial charge in [-0.2, -0.15) is 0 Å². The molecule has 182 valence electrons. The van der Waals surface area contributed by atoms with Crippen molar-refractivity contribution in [1.82, 2.24) is 13.9 Å². The zero-order valence-corrected chi connectivity index (χ0v) is 21.5. The van der Waals surface area contributed by atoms with Crippen LogP contribution in [0, 0.1) is 36.0 Å². The molecule has 2 fully saturated rings. The summed E-state index contributed by atoms with van der Waals surface area (Å²) in [7, 11) is 0. The van der Waals surface area contributed by atoms with Crippen molar-refractivity contribution in [1.29, 1.82) is 0 Å². The molecule has 3 heterocycles. The molecule has 9 rings (SSSR count). The molecule has 1 aromatic carbocycles. The number of hydrogen-bond donors (Lipinski definition) is 0. The Balaban J connectivity index is 1.39. The Bertz CT molecular complexity index is 1530. The van der Waals surface area contributed by atoms with E-state index in [0.29, 0.717) is 5.92 Å². The lowest BCUT2D eigenvalue weighted by atomic mass is 9.40. The van der Waals surface area contributed by atoms with Crippen LogP contribution in [0.5, 0.6) is 0 Å². The van der Waals surface area contributed by atoms with Gasteiger partial charge in [0.2, 0.25) is 0 Å². The molecule has 5 aliphatic carbocycles. The highest BCUT2D eigenvalue weighted by molar-refractivity contribution is 5.61. The number of fused-ring (bicyclic) bond motifs is 3. The van der Waals surface area contributed by atoms with Crippen molar-refractivity contribution in [2.45, 2.75) is 90.3 Å². The van der Waals surface area contributed by atoms with Crippen LogP contribution in [0.15, 0.2) is 46.0 Å². The van der Waals surface area contributed by atoms with Crippen LogP contribution in [0.1, 0.15) is 86.8 Å². The van der Waals surface area contributed by atoms with Gasteiger partial charge in [-0.25, -0.2) is 23.5 Å². The molecular formula is C30H35N3O2. The Labute approximate surface area is 206 Å². The Morgan fingerprint density at radius 2 is 1.57 bits per heavy atom. The van der Waals surface area contributed by atoms with E-state index in [1.165, 1.54) is 28.7 Å². The van der Waals surface area contributed by atoms with Gasteiger partial charge in [-0.15, -0.1) is 0 Å². The minimum Gasteiger partial charge on any atom is -0.246 e. The molecule has 2 aromatic rings. The number of aryl methyl sites for hydroxylation is 2. The Morgan fingerprint density at radius 3 is 2.20 bits per heavy atom. The second-order valence-electron chi connectivity index (χ2n) is 13.3. The number of aromatic nitrogens is 3. The zero-order chi connectivity index (χ0) is 24.3. The first kappa shape index (κ1) is 20.6. The molecule has 1 aromatic heterocycles. The summed E-state index contributed by atoms with van der Waals surface area (Å²) in [5, 5.41) is 0. The van der Waals surface area contributed by atoms with Crippen molar-refractivity contribution in [2.24, 2.45) is 22.2 Å². The van der Waals surface area contributed by atoms with Crippen LogP contribution in [0.2, 0.25) is 0 Å². The first-order valence-corrected chi connectivity index (χ1v) is 13.5. The van der Waals surface area contributed by atoms with Gasteiger partial charge in [-0.3, -0.25) is 0 Å². The average Bonchev–Trinajstić information content (AvgIpc) is 3.28. The third-order valence-electron chi connectivity index (χ3n) is 12.5. The highest BCUT2D eigenvalue weighted by Gasteiger charge is 2.71. The largest absolute Gasteiger partial charge is 0.348 e. The second kappa shape index (κ2) is 5.71. The van der Waals surface area contributed by atoms with E-state index in [9.17, 15) is 9.59 Å². The first-order valence-electron chi connectivity index (χ1n) is 13.5. The molecule has 2 aliphatic heterocycles. The Kier molecular flexibility index (Phi) is 3.36. The lowest BCUT2D eigenvalue weighted by Crippen LogP contribution is -2.68. The van der Waals surface area contributed by atoms with Gasteiger partial charge in [0.05, 0.1) is 17.5 Å². The number of allylic oxidation sites excluding steroid dienone is 4. The molecular weight excluding hydrogens is 434 g/mol. The maximum Gasteiger partial charge on any atom is 0.348 e. The van der Waals surface area contributed by atoms with Gasteiger partial charge >= 0.3 is 11.4 Å². The lowest BCUT2D eigenvalue weighted by molar-refractivity contribution is -0.00767. The average molecular weight is 470 g/mol. The fourth-order valence-electron chi connectivity index (χ4n) is 10.1. The number of hydrogen-bond acceptors (Lipinski definition) is 2. The molecule has 0 saturated heterocycles.